The molecule has 0 N–H and O–H groups in total. The van der Waals surface area contributed by atoms with Gasteiger partial charge in [0.05, 0.1) is 0 Å². The summed E-state index contributed by atoms with van der Waals surface area (Å²) in [7, 11) is 0. The van der Waals surface area contributed by atoms with Crippen LogP contribution < -0.4 is 0 Å². The van der Waals surface area contributed by atoms with E-state index in [1.807, 2.05) is 24.3 Å². The molecule has 1 aliphatic heterocycles. The fourth-order valence-corrected chi connectivity index (χ4v) is 2.89. The molecule has 2 rings (SSSR count). The Hall–Kier alpha value is -1.16. The molecule has 2 aliphatic rings. The molecule has 20 heavy (non-hydrogen) atoms. The first-order valence-corrected chi connectivity index (χ1v) is 8.35. The minimum absolute atomic E-state index is 0.114. The molecule has 0 saturated carbocycles. The summed E-state index contributed by atoms with van der Waals surface area (Å²) in [5, 5.41) is 1.02. The van der Waals surface area contributed by atoms with Crippen LogP contribution in [-0.4, -0.2) is 28.6 Å². The number of carbonyl (C=O) groups excluding carboxylic acids is 2. The molecule has 4 heteroatoms. The SMILES string of the molecule is O=C1C2=CC/C=C\CC=C2C(=O)N1CCCCCCBr. The van der Waals surface area contributed by atoms with E-state index < -0.39 is 0 Å². The van der Waals surface area contributed by atoms with Crippen molar-refractivity contribution in [3.8, 4) is 0 Å². The molecule has 0 spiro atoms. The number of amides is 2. The van der Waals surface area contributed by atoms with Crippen LogP contribution >= 0.6 is 15.9 Å². The maximum Gasteiger partial charge on any atom is 0.261 e. The summed E-state index contributed by atoms with van der Waals surface area (Å²) in [5.41, 5.74) is 1.19. The maximum atomic E-state index is 12.3. The van der Waals surface area contributed by atoms with Gasteiger partial charge in [-0.3, -0.25) is 14.5 Å². The van der Waals surface area contributed by atoms with E-state index in [4.69, 9.17) is 0 Å². The lowest BCUT2D eigenvalue weighted by molar-refractivity contribution is -0.136. The van der Waals surface area contributed by atoms with E-state index in [1.165, 1.54) is 4.90 Å². The highest BCUT2D eigenvalue weighted by Crippen LogP contribution is 2.27. The van der Waals surface area contributed by atoms with Crippen molar-refractivity contribution in [3.05, 3.63) is 35.5 Å². The number of unbranched alkanes of at least 4 members (excludes halogenated alkanes) is 3. The number of carbonyl (C=O) groups is 2. The minimum Gasteiger partial charge on any atom is -0.274 e. The second kappa shape index (κ2) is 7.58. The van der Waals surface area contributed by atoms with E-state index in [2.05, 4.69) is 15.9 Å². The zero-order valence-corrected chi connectivity index (χ0v) is 13.2. The Kier molecular flexibility index (Phi) is 5.77. The van der Waals surface area contributed by atoms with Gasteiger partial charge in [-0.1, -0.05) is 53.1 Å². The number of hydrogen-bond donors (Lipinski definition) is 0. The smallest absolute Gasteiger partial charge is 0.261 e. The number of fused-ring (bicyclic) bond motifs is 1. The zero-order valence-electron chi connectivity index (χ0n) is 11.6. The first-order valence-electron chi connectivity index (χ1n) is 7.23. The summed E-state index contributed by atoms with van der Waals surface area (Å²) in [5.74, 6) is -0.228. The highest BCUT2D eigenvalue weighted by Gasteiger charge is 2.37. The number of nitrogens with zero attached hydrogens (tertiary/aromatic N) is 1. The predicted molar refractivity (Wildman–Crippen MR) is 83.5 cm³/mol. The molecular weight excluding hydrogens is 318 g/mol. The fraction of sp³-hybridized carbons (Fsp3) is 0.500. The van der Waals surface area contributed by atoms with Gasteiger partial charge in [-0.15, -0.1) is 0 Å². The Morgan fingerprint density at radius 2 is 1.45 bits per heavy atom. The van der Waals surface area contributed by atoms with Gasteiger partial charge < -0.3 is 0 Å². The van der Waals surface area contributed by atoms with E-state index in [0.29, 0.717) is 17.7 Å². The van der Waals surface area contributed by atoms with Crippen LogP contribution in [0.2, 0.25) is 0 Å². The summed E-state index contributed by atoms with van der Waals surface area (Å²) >= 11 is 3.40. The van der Waals surface area contributed by atoms with Crippen molar-refractivity contribution in [2.75, 3.05) is 11.9 Å². The largest absolute Gasteiger partial charge is 0.274 e. The van der Waals surface area contributed by atoms with Crippen LogP contribution in [0.1, 0.15) is 38.5 Å². The molecule has 0 radical (unpaired) electrons. The topological polar surface area (TPSA) is 37.4 Å². The van der Waals surface area contributed by atoms with Crippen molar-refractivity contribution in [2.24, 2.45) is 0 Å². The quantitative estimate of drug-likeness (QED) is 0.322. The van der Waals surface area contributed by atoms with Crippen LogP contribution in [0.25, 0.3) is 0 Å². The van der Waals surface area contributed by atoms with E-state index in [-0.39, 0.29) is 11.8 Å². The second-order valence-electron chi connectivity index (χ2n) is 5.04. The Morgan fingerprint density at radius 1 is 0.900 bits per heavy atom. The number of allylic oxidation sites excluding steroid dienone is 4. The van der Waals surface area contributed by atoms with Gasteiger partial charge in [0.2, 0.25) is 0 Å². The molecule has 3 nitrogen and oxygen atoms in total. The van der Waals surface area contributed by atoms with Crippen LogP contribution in [0.4, 0.5) is 0 Å². The number of likely N-dealkylation sites (tertiary alicyclic amines) is 1. The Labute approximate surface area is 128 Å². The molecule has 0 aromatic carbocycles. The number of imide groups is 1. The van der Waals surface area contributed by atoms with Crippen LogP contribution in [0.3, 0.4) is 0 Å². The first-order chi connectivity index (χ1) is 9.75. The summed E-state index contributed by atoms with van der Waals surface area (Å²) < 4.78 is 0. The lowest BCUT2D eigenvalue weighted by Gasteiger charge is -2.12. The van der Waals surface area contributed by atoms with Gasteiger partial charge in [-0.25, -0.2) is 0 Å². The van der Waals surface area contributed by atoms with E-state index in [0.717, 1.165) is 43.9 Å². The van der Waals surface area contributed by atoms with Crippen molar-refractivity contribution < 1.29 is 9.59 Å². The van der Waals surface area contributed by atoms with Crippen LogP contribution in [-0.2, 0) is 9.59 Å². The third kappa shape index (κ3) is 3.48. The lowest BCUT2D eigenvalue weighted by atomic mass is 10.0. The van der Waals surface area contributed by atoms with Crippen molar-refractivity contribution in [1.82, 2.24) is 4.90 Å². The maximum absolute atomic E-state index is 12.3. The summed E-state index contributed by atoms with van der Waals surface area (Å²) in [6, 6.07) is 0. The molecule has 2 amide bonds. The zero-order chi connectivity index (χ0) is 14.4. The minimum atomic E-state index is -0.114. The molecule has 0 unspecified atom stereocenters. The Balaban J connectivity index is 1.98. The number of alkyl halides is 1. The van der Waals surface area contributed by atoms with Crippen LogP contribution in [0.5, 0.6) is 0 Å². The van der Waals surface area contributed by atoms with Gasteiger partial charge in [0, 0.05) is 23.0 Å². The molecule has 0 aromatic heterocycles. The molecular formula is C16H20BrNO2. The highest BCUT2D eigenvalue weighted by molar-refractivity contribution is 9.09. The molecule has 1 fully saturated rings. The molecule has 0 atom stereocenters. The average molecular weight is 338 g/mol. The normalized spacial score (nSPS) is 20.1. The highest BCUT2D eigenvalue weighted by atomic mass is 79.9. The van der Waals surface area contributed by atoms with Gasteiger partial charge in [-0.05, 0) is 25.7 Å². The standard InChI is InChI=1S/C16H20BrNO2/c17-11-7-3-4-8-12-18-15(19)13-9-5-1-2-6-10-14(13)16(18)20/h1-2,9-10H,3-8,11-12H2/b2-1-,13-9?,14-10?. The van der Waals surface area contributed by atoms with Crippen molar-refractivity contribution in [2.45, 2.75) is 38.5 Å². The average Bonchev–Trinajstić information content (AvgIpc) is 2.61. The second-order valence-corrected chi connectivity index (χ2v) is 5.84. The van der Waals surface area contributed by atoms with Crippen molar-refractivity contribution in [3.63, 3.8) is 0 Å². The molecule has 1 aliphatic carbocycles. The number of rotatable bonds is 6. The molecule has 108 valence electrons. The molecule has 1 saturated heterocycles. The van der Waals surface area contributed by atoms with Gasteiger partial charge in [-0.2, -0.15) is 0 Å². The number of halogens is 1. The third-order valence-electron chi connectivity index (χ3n) is 3.59. The van der Waals surface area contributed by atoms with Gasteiger partial charge in [0.25, 0.3) is 11.8 Å². The van der Waals surface area contributed by atoms with E-state index in [1.54, 1.807) is 0 Å². The summed E-state index contributed by atoms with van der Waals surface area (Å²) in [6.07, 6.45) is 13.5. The molecule has 0 bridgehead atoms. The van der Waals surface area contributed by atoms with Crippen molar-refractivity contribution in [1.29, 1.82) is 0 Å². The first kappa shape index (κ1) is 15.2. The van der Waals surface area contributed by atoms with Gasteiger partial charge in [0.15, 0.2) is 0 Å². The Morgan fingerprint density at radius 3 is 2.00 bits per heavy atom. The van der Waals surface area contributed by atoms with Crippen LogP contribution in [0, 0.1) is 0 Å². The monoisotopic (exact) mass is 337 g/mol. The lowest BCUT2D eigenvalue weighted by Crippen LogP contribution is -2.30. The summed E-state index contributed by atoms with van der Waals surface area (Å²) in [4.78, 5) is 26.0. The Bertz CT molecular complexity index is 441. The van der Waals surface area contributed by atoms with Gasteiger partial charge >= 0.3 is 0 Å². The van der Waals surface area contributed by atoms with E-state index in [9.17, 15) is 9.59 Å². The van der Waals surface area contributed by atoms with E-state index >= 15 is 0 Å². The van der Waals surface area contributed by atoms with Crippen molar-refractivity contribution >= 4 is 27.7 Å². The third-order valence-corrected chi connectivity index (χ3v) is 4.15. The predicted octanol–water partition coefficient (Wildman–Crippen LogP) is 3.51. The number of hydrogen-bond acceptors (Lipinski definition) is 2. The summed E-state index contributed by atoms with van der Waals surface area (Å²) in [6.45, 7) is 0.544. The molecule has 0 aromatic rings. The molecule has 1 heterocycles. The fourth-order valence-electron chi connectivity index (χ4n) is 2.49. The van der Waals surface area contributed by atoms with Crippen LogP contribution in [0.15, 0.2) is 35.5 Å². The van der Waals surface area contributed by atoms with Gasteiger partial charge in [0.1, 0.15) is 0 Å².